The summed E-state index contributed by atoms with van der Waals surface area (Å²) in [5.41, 5.74) is -0.0997. The molecule has 1 aromatic rings. The highest BCUT2D eigenvalue weighted by Gasteiger charge is 2.22. The molecule has 0 aliphatic heterocycles. The molecule has 5 heteroatoms. The Balaban J connectivity index is 1.93. The largest absolute Gasteiger partial charge is 0.348 e. The van der Waals surface area contributed by atoms with Crippen molar-refractivity contribution in [3.05, 3.63) is 35.4 Å². The molecule has 1 saturated carbocycles. The Hall–Kier alpha value is -1.49. The Kier molecular flexibility index (Phi) is 3.91. The first-order chi connectivity index (χ1) is 8.58. The van der Waals surface area contributed by atoms with Crippen molar-refractivity contribution in [1.82, 2.24) is 10.6 Å². The van der Waals surface area contributed by atoms with E-state index in [1.165, 1.54) is 18.2 Å². The minimum absolute atomic E-state index is 0.0997. The third kappa shape index (κ3) is 3.26. The highest BCUT2D eigenvalue weighted by molar-refractivity contribution is 5.78. The van der Waals surface area contributed by atoms with E-state index in [0.717, 1.165) is 12.8 Å². The third-order valence-electron chi connectivity index (χ3n) is 2.94. The zero-order valence-corrected chi connectivity index (χ0v) is 10.2. The fraction of sp³-hybridized carbons (Fsp3) is 0.462. The lowest BCUT2D eigenvalue weighted by molar-refractivity contribution is -0.120. The first-order valence-electron chi connectivity index (χ1n) is 6.04. The maximum Gasteiger partial charge on any atom is 0.234 e. The number of halogens is 2. The second kappa shape index (κ2) is 5.44. The molecule has 98 valence electrons. The van der Waals surface area contributed by atoms with Crippen molar-refractivity contribution in [3.63, 3.8) is 0 Å². The van der Waals surface area contributed by atoms with E-state index in [2.05, 4.69) is 10.6 Å². The summed E-state index contributed by atoms with van der Waals surface area (Å²) in [7, 11) is 0. The SMILES string of the molecule is CC(NC(=O)CNC1CC1)c1c(F)cccc1F. The van der Waals surface area contributed by atoms with Gasteiger partial charge in [-0.1, -0.05) is 6.07 Å². The molecule has 0 bridgehead atoms. The summed E-state index contributed by atoms with van der Waals surface area (Å²) in [5.74, 6) is -1.53. The van der Waals surface area contributed by atoms with E-state index in [-0.39, 0.29) is 18.0 Å². The molecule has 1 aromatic carbocycles. The molecule has 0 saturated heterocycles. The molecule has 18 heavy (non-hydrogen) atoms. The Morgan fingerprint density at radius 1 is 1.39 bits per heavy atom. The molecule has 1 fully saturated rings. The maximum atomic E-state index is 13.5. The highest BCUT2D eigenvalue weighted by Crippen LogP contribution is 2.20. The van der Waals surface area contributed by atoms with Crippen LogP contribution in [0.25, 0.3) is 0 Å². The minimum Gasteiger partial charge on any atom is -0.348 e. The number of carbonyl (C=O) groups is 1. The normalized spacial score (nSPS) is 16.4. The molecule has 1 unspecified atom stereocenters. The zero-order chi connectivity index (χ0) is 13.1. The van der Waals surface area contributed by atoms with Gasteiger partial charge in [-0.2, -0.15) is 0 Å². The Morgan fingerprint density at radius 3 is 2.56 bits per heavy atom. The van der Waals surface area contributed by atoms with Crippen LogP contribution in [0.2, 0.25) is 0 Å². The van der Waals surface area contributed by atoms with E-state index in [1.807, 2.05) is 0 Å². The Morgan fingerprint density at radius 2 is 2.00 bits per heavy atom. The van der Waals surface area contributed by atoms with Gasteiger partial charge in [0.2, 0.25) is 5.91 Å². The molecule has 1 aliphatic carbocycles. The fourth-order valence-corrected chi connectivity index (χ4v) is 1.81. The smallest absolute Gasteiger partial charge is 0.234 e. The Bertz CT molecular complexity index is 426. The van der Waals surface area contributed by atoms with Crippen LogP contribution in [0.1, 0.15) is 31.4 Å². The molecule has 0 radical (unpaired) electrons. The number of rotatable bonds is 5. The van der Waals surface area contributed by atoms with Crippen molar-refractivity contribution in [2.24, 2.45) is 0 Å². The second-order valence-electron chi connectivity index (χ2n) is 4.58. The summed E-state index contributed by atoms with van der Waals surface area (Å²) in [5, 5.41) is 5.62. The summed E-state index contributed by atoms with van der Waals surface area (Å²) < 4.78 is 26.9. The lowest BCUT2D eigenvalue weighted by Gasteiger charge is -2.16. The van der Waals surface area contributed by atoms with Gasteiger partial charge in [0.15, 0.2) is 0 Å². The first kappa shape index (κ1) is 13.0. The van der Waals surface area contributed by atoms with Gasteiger partial charge in [0.25, 0.3) is 0 Å². The Labute approximate surface area is 105 Å². The van der Waals surface area contributed by atoms with Gasteiger partial charge in [0.05, 0.1) is 12.6 Å². The van der Waals surface area contributed by atoms with Gasteiger partial charge in [-0.3, -0.25) is 4.79 Å². The molecule has 0 heterocycles. The van der Waals surface area contributed by atoms with Crippen molar-refractivity contribution in [3.8, 4) is 0 Å². The second-order valence-corrected chi connectivity index (χ2v) is 4.58. The summed E-state index contributed by atoms with van der Waals surface area (Å²) in [4.78, 5) is 11.6. The molecule has 1 aliphatic rings. The summed E-state index contributed by atoms with van der Waals surface area (Å²) in [6.07, 6.45) is 2.18. The van der Waals surface area contributed by atoms with Crippen LogP contribution in [-0.4, -0.2) is 18.5 Å². The van der Waals surface area contributed by atoms with Crippen LogP contribution in [0.3, 0.4) is 0 Å². The van der Waals surface area contributed by atoms with Gasteiger partial charge in [0, 0.05) is 11.6 Å². The number of carbonyl (C=O) groups excluding carboxylic acids is 1. The molecule has 0 aromatic heterocycles. The molecule has 2 rings (SSSR count). The predicted molar refractivity (Wildman–Crippen MR) is 63.9 cm³/mol. The summed E-state index contributed by atoms with van der Waals surface area (Å²) in [6.45, 7) is 1.75. The number of benzene rings is 1. The quantitative estimate of drug-likeness (QED) is 0.842. The zero-order valence-electron chi connectivity index (χ0n) is 10.2. The van der Waals surface area contributed by atoms with Crippen molar-refractivity contribution in [1.29, 1.82) is 0 Å². The van der Waals surface area contributed by atoms with Crippen molar-refractivity contribution >= 4 is 5.91 Å². The van der Waals surface area contributed by atoms with Gasteiger partial charge < -0.3 is 10.6 Å². The molecule has 1 amide bonds. The van der Waals surface area contributed by atoms with Crippen molar-refractivity contribution in [2.75, 3.05) is 6.54 Å². The molecule has 0 spiro atoms. The van der Waals surface area contributed by atoms with Gasteiger partial charge >= 0.3 is 0 Å². The van der Waals surface area contributed by atoms with Crippen LogP contribution >= 0.6 is 0 Å². The molecule has 3 nitrogen and oxygen atoms in total. The summed E-state index contributed by atoms with van der Waals surface area (Å²) >= 11 is 0. The van der Waals surface area contributed by atoms with E-state index in [4.69, 9.17) is 0 Å². The average Bonchev–Trinajstić information content (AvgIpc) is 3.09. The molecule has 1 atom stereocenters. The lowest BCUT2D eigenvalue weighted by atomic mass is 10.1. The van der Waals surface area contributed by atoms with Crippen LogP contribution in [0, 0.1) is 11.6 Å². The first-order valence-corrected chi connectivity index (χ1v) is 6.04. The minimum atomic E-state index is -0.681. The molecular weight excluding hydrogens is 238 g/mol. The lowest BCUT2D eigenvalue weighted by Crippen LogP contribution is -2.36. The van der Waals surface area contributed by atoms with Crippen LogP contribution in [0.4, 0.5) is 8.78 Å². The number of hydrogen-bond donors (Lipinski definition) is 2. The van der Waals surface area contributed by atoms with Gasteiger partial charge in [-0.15, -0.1) is 0 Å². The summed E-state index contributed by atoms with van der Waals surface area (Å²) in [6, 6.07) is 3.42. The standard InChI is InChI=1S/C13H16F2N2O/c1-8(13-10(14)3-2-4-11(13)15)17-12(18)7-16-9-5-6-9/h2-4,8-9,16H,5-7H2,1H3,(H,17,18). The fourth-order valence-electron chi connectivity index (χ4n) is 1.81. The molecular formula is C13H16F2N2O. The monoisotopic (exact) mass is 254 g/mol. The van der Waals surface area contributed by atoms with E-state index in [0.29, 0.717) is 6.04 Å². The van der Waals surface area contributed by atoms with E-state index in [1.54, 1.807) is 6.92 Å². The van der Waals surface area contributed by atoms with Crippen molar-refractivity contribution < 1.29 is 13.6 Å². The van der Waals surface area contributed by atoms with Crippen LogP contribution in [0.15, 0.2) is 18.2 Å². The van der Waals surface area contributed by atoms with E-state index >= 15 is 0 Å². The van der Waals surface area contributed by atoms with Crippen LogP contribution < -0.4 is 10.6 Å². The van der Waals surface area contributed by atoms with Gasteiger partial charge in [-0.05, 0) is 31.9 Å². The van der Waals surface area contributed by atoms with Gasteiger partial charge in [-0.25, -0.2) is 8.78 Å². The van der Waals surface area contributed by atoms with Crippen LogP contribution in [-0.2, 0) is 4.79 Å². The highest BCUT2D eigenvalue weighted by atomic mass is 19.1. The number of amides is 1. The third-order valence-corrected chi connectivity index (χ3v) is 2.94. The maximum absolute atomic E-state index is 13.5. The number of hydrogen-bond acceptors (Lipinski definition) is 2. The van der Waals surface area contributed by atoms with Crippen molar-refractivity contribution in [2.45, 2.75) is 31.8 Å². The van der Waals surface area contributed by atoms with Crippen LogP contribution in [0.5, 0.6) is 0 Å². The van der Waals surface area contributed by atoms with E-state index < -0.39 is 17.7 Å². The van der Waals surface area contributed by atoms with Gasteiger partial charge in [0.1, 0.15) is 11.6 Å². The topological polar surface area (TPSA) is 41.1 Å². The predicted octanol–water partition coefficient (Wildman–Crippen LogP) is 1.89. The van der Waals surface area contributed by atoms with E-state index in [9.17, 15) is 13.6 Å². The number of nitrogens with one attached hydrogen (secondary N) is 2. The molecule has 2 N–H and O–H groups in total. The average molecular weight is 254 g/mol.